The van der Waals surface area contributed by atoms with Crippen molar-refractivity contribution in [2.75, 3.05) is 39.9 Å². The number of likely N-dealkylation sites (N-methyl/N-ethyl adjacent to an activating group) is 1. The van der Waals surface area contributed by atoms with Crippen molar-refractivity contribution in [1.82, 2.24) is 26.2 Å². The van der Waals surface area contributed by atoms with E-state index in [4.69, 9.17) is 21.3 Å². The van der Waals surface area contributed by atoms with E-state index in [1.165, 1.54) is 0 Å². The molecule has 0 spiro atoms. The third kappa shape index (κ3) is 18.5. The fourth-order valence-corrected chi connectivity index (χ4v) is 7.04. The Bertz CT molecular complexity index is 1080. The molecule has 1 aliphatic carbocycles. The number of amides is 4. The Morgan fingerprint density at radius 2 is 1.52 bits per heavy atom. The predicted molar refractivity (Wildman–Crippen MR) is 211 cm³/mol. The fraction of sp³-hybridized carbons (Fsp3) is 0.897. The molecule has 0 bridgehead atoms. The minimum Gasteiger partial charge on any atom is -0.394 e. The molecule has 0 heterocycles. The van der Waals surface area contributed by atoms with Gasteiger partial charge in [0.05, 0.1) is 31.5 Å². The van der Waals surface area contributed by atoms with Crippen molar-refractivity contribution >= 4 is 23.6 Å². The SMILES string of the molecule is CCCCCC[C@@H](OC[C@@H](C)NC(=O)[C@@H](C)CNC[C@H](O)CO)[C@@H](C)C(O)N(C)[C@@H](CC(C)C)C(=O)N[C@H](C(=O)N[C@@H](CN)C(N)=O)C1CCCCCC1. The number of aliphatic hydroxyl groups is 3. The second-order valence-electron chi connectivity index (χ2n) is 16.0. The maximum atomic E-state index is 14.2. The minimum absolute atomic E-state index is 0.0928. The Morgan fingerprint density at radius 1 is 0.870 bits per heavy atom. The Hall–Kier alpha value is -2.40. The number of carbonyl (C=O) groups excluding carboxylic acids is 4. The van der Waals surface area contributed by atoms with Gasteiger partial charge in [0.1, 0.15) is 18.3 Å². The largest absolute Gasteiger partial charge is 0.394 e. The first-order chi connectivity index (χ1) is 25.6. The van der Waals surface area contributed by atoms with Gasteiger partial charge in [-0.15, -0.1) is 0 Å². The average Bonchev–Trinajstić information content (AvgIpc) is 3.42. The summed E-state index contributed by atoms with van der Waals surface area (Å²) >= 11 is 0. The molecular formula is C39H77N7O8. The lowest BCUT2D eigenvalue weighted by Crippen LogP contribution is -2.60. The zero-order chi connectivity index (χ0) is 40.8. The zero-order valence-electron chi connectivity index (χ0n) is 34.4. The van der Waals surface area contributed by atoms with Crippen molar-refractivity contribution in [3.8, 4) is 0 Å². The van der Waals surface area contributed by atoms with Gasteiger partial charge in [-0.3, -0.25) is 24.1 Å². The molecule has 316 valence electrons. The van der Waals surface area contributed by atoms with Crippen molar-refractivity contribution in [3.63, 3.8) is 0 Å². The minimum atomic E-state index is -1.07. The molecule has 1 fully saturated rings. The van der Waals surface area contributed by atoms with Crippen LogP contribution in [0.15, 0.2) is 0 Å². The van der Waals surface area contributed by atoms with E-state index in [9.17, 15) is 29.4 Å². The molecule has 0 saturated heterocycles. The first-order valence-corrected chi connectivity index (χ1v) is 20.5. The quantitative estimate of drug-likeness (QED) is 0.0310. The third-order valence-corrected chi connectivity index (χ3v) is 10.6. The van der Waals surface area contributed by atoms with Crippen LogP contribution in [0.2, 0.25) is 0 Å². The van der Waals surface area contributed by atoms with Gasteiger partial charge in [0.25, 0.3) is 0 Å². The van der Waals surface area contributed by atoms with E-state index in [0.717, 1.165) is 64.2 Å². The van der Waals surface area contributed by atoms with Gasteiger partial charge in [-0.2, -0.15) is 0 Å². The maximum absolute atomic E-state index is 14.2. The van der Waals surface area contributed by atoms with Gasteiger partial charge in [-0.05, 0) is 51.5 Å². The van der Waals surface area contributed by atoms with Crippen LogP contribution in [-0.4, -0.2) is 126 Å². The number of nitrogens with one attached hydrogen (secondary N) is 4. The normalized spacial score (nSPS) is 19.1. The highest BCUT2D eigenvalue weighted by atomic mass is 16.5. The molecule has 9 atom stereocenters. The summed E-state index contributed by atoms with van der Waals surface area (Å²) in [5.74, 6) is -2.60. The van der Waals surface area contributed by atoms with Crippen LogP contribution in [-0.2, 0) is 23.9 Å². The molecule has 0 aromatic carbocycles. The molecule has 0 radical (unpaired) electrons. The Labute approximate surface area is 324 Å². The number of nitrogens with zero attached hydrogens (tertiary/aromatic N) is 1. The number of ether oxygens (including phenoxy) is 1. The molecular weight excluding hydrogens is 694 g/mol. The summed E-state index contributed by atoms with van der Waals surface area (Å²) in [5, 5.41) is 42.1. The first-order valence-electron chi connectivity index (χ1n) is 20.5. The van der Waals surface area contributed by atoms with E-state index < -0.39 is 48.2 Å². The first kappa shape index (κ1) is 49.6. The van der Waals surface area contributed by atoms with E-state index in [-0.39, 0.29) is 68.0 Å². The van der Waals surface area contributed by atoms with Crippen LogP contribution in [0.1, 0.15) is 119 Å². The second-order valence-corrected chi connectivity index (χ2v) is 16.0. The number of hydrogen-bond acceptors (Lipinski definition) is 11. The molecule has 11 N–H and O–H groups in total. The number of aliphatic hydroxyl groups excluding tert-OH is 3. The van der Waals surface area contributed by atoms with Gasteiger partial charge < -0.3 is 52.8 Å². The smallest absolute Gasteiger partial charge is 0.243 e. The molecule has 0 aliphatic heterocycles. The molecule has 1 aliphatic rings. The highest BCUT2D eigenvalue weighted by Crippen LogP contribution is 2.28. The number of primary amides is 1. The van der Waals surface area contributed by atoms with Gasteiger partial charge in [0, 0.05) is 37.5 Å². The molecule has 15 heteroatoms. The summed E-state index contributed by atoms with van der Waals surface area (Å²) < 4.78 is 6.42. The zero-order valence-corrected chi connectivity index (χ0v) is 34.4. The lowest BCUT2D eigenvalue weighted by atomic mass is 9.90. The van der Waals surface area contributed by atoms with Crippen molar-refractivity contribution in [3.05, 3.63) is 0 Å². The third-order valence-electron chi connectivity index (χ3n) is 10.6. The highest BCUT2D eigenvalue weighted by Gasteiger charge is 2.38. The topological polar surface area (TPSA) is 242 Å². The van der Waals surface area contributed by atoms with Crippen LogP contribution in [0, 0.1) is 23.7 Å². The lowest BCUT2D eigenvalue weighted by Gasteiger charge is -2.39. The van der Waals surface area contributed by atoms with Crippen LogP contribution in [0.4, 0.5) is 0 Å². The monoisotopic (exact) mass is 772 g/mol. The van der Waals surface area contributed by atoms with Crippen LogP contribution in [0.25, 0.3) is 0 Å². The van der Waals surface area contributed by atoms with E-state index >= 15 is 0 Å². The van der Waals surface area contributed by atoms with E-state index in [1.807, 2.05) is 27.7 Å². The maximum Gasteiger partial charge on any atom is 0.243 e. The molecule has 0 aromatic heterocycles. The van der Waals surface area contributed by atoms with Gasteiger partial charge in [0.2, 0.25) is 23.6 Å². The Balaban J connectivity index is 3.16. The van der Waals surface area contributed by atoms with Crippen LogP contribution >= 0.6 is 0 Å². The van der Waals surface area contributed by atoms with Crippen molar-refractivity contribution < 1.29 is 39.2 Å². The molecule has 1 unspecified atom stereocenters. The number of hydrogen-bond donors (Lipinski definition) is 9. The Kier molecular flexibility index (Phi) is 25.0. The van der Waals surface area contributed by atoms with E-state index in [0.29, 0.717) is 19.4 Å². The molecule has 0 aromatic rings. The number of unbranched alkanes of at least 4 members (excludes halogenated alkanes) is 3. The summed E-state index contributed by atoms with van der Waals surface area (Å²) in [6.07, 6.45) is 8.33. The number of nitrogens with two attached hydrogens (primary N) is 2. The number of carbonyl (C=O) groups is 4. The summed E-state index contributed by atoms with van der Waals surface area (Å²) in [6, 6.07) is -3.03. The van der Waals surface area contributed by atoms with Gasteiger partial charge in [0.15, 0.2) is 0 Å². The molecule has 1 rings (SSSR count). The van der Waals surface area contributed by atoms with Crippen LogP contribution < -0.4 is 32.7 Å². The Morgan fingerprint density at radius 3 is 2.07 bits per heavy atom. The number of rotatable bonds is 28. The second kappa shape index (κ2) is 27.2. The predicted octanol–water partition coefficient (Wildman–Crippen LogP) is 1.11. The molecule has 4 amide bonds. The summed E-state index contributed by atoms with van der Waals surface area (Å²) in [5.41, 5.74) is 11.2. The van der Waals surface area contributed by atoms with Crippen LogP contribution in [0.3, 0.4) is 0 Å². The van der Waals surface area contributed by atoms with E-state index in [1.54, 1.807) is 18.9 Å². The summed E-state index contributed by atoms with van der Waals surface area (Å²) in [4.78, 5) is 54.3. The van der Waals surface area contributed by atoms with Crippen molar-refractivity contribution in [2.45, 2.75) is 161 Å². The highest BCUT2D eigenvalue weighted by molar-refractivity contribution is 5.93. The van der Waals surface area contributed by atoms with Crippen molar-refractivity contribution in [1.29, 1.82) is 0 Å². The summed E-state index contributed by atoms with van der Waals surface area (Å²) in [6.45, 7) is 11.9. The molecule has 54 heavy (non-hydrogen) atoms. The fourth-order valence-electron chi connectivity index (χ4n) is 7.04. The summed E-state index contributed by atoms with van der Waals surface area (Å²) in [7, 11) is 1.72. The van der Waals surface area contributed by atoms with Gasteiger partial charge >= 0.3 is 0 Å². The van der Waals surface area contributed by atoms with E-state index in [2.05, 4.69) is 28.2 Å². The average molecular weight is 772 g/mol. The van der Waals surface area contributed by atoms with Gasteiger partial charge in [-0.25, -0.2) is 0 Å². The van der Waals surface area contributed by atoms with Crippen LogP contribution in [0.5, 0.6) is 0 Å². The molecule has 15 nitrogen and oxygen atoms in total. The van der Waals surface area contributed by atoms with Crippen molar-refractivity contribution in [2.24, 2.45) is 35.1 Å². The lowest BCUT2D eigenvalue weighted by molar-refractivity contribution is -0.142. The molecule has 1 saturated carbocycles. The van der Waals surface area contributed by atoms with Gasteiger partial charge in [-0.1, -0.05) is 86.0 Å². The standard InChI is InChI=1S/C39H77N7O8/c1-8-9-10-15-18-33(54-24-27(5)43-36(50)26(4)21-42-22-30(48)23-47)28(6)39(53)46(7)32(19-25(2)3)37(51)45-34(29-16-13-11-12-14-17-29)38(52)44-31(20-40)35(41)49/h25-34,39,42,47-48,53H,8-24,40H2,1-7H3,(H2,41,49)(H,43,50)(H,44,52)(H,45,51)/t26-,27+,28+,30-,31-,32-,33+,34-,39?/m0/s1.